The summed E-state index contributed by atoms with van der Waals surface area (Å²) in [4.78, 5) is 14.2. The molecule has 0 bridgehead atoms. The van der Waals surface area contributed by atoms with E-state index in [2.05, 4.69) is 10.00 Å². The molecule has 1 aliphatic rings. The molecule has 1 atom stereocenters. The Morgan fingerprint density at radius 2 is 2.18 bits per heavy atom. The Hall–Kier alpha value is -1.43. The second-order valence-corrected chi connectivity index (χ2v) is 6.06. The first-order valence-corrected chi connectivity index (χ1v) is 7.72. The number of rotatable bonds is 3. The number of halogens is 3. The lowest BCUT2D eigenvalue weighted by Crippen LogP contribution is -2.33. The second kappa shape index (κ2) is 6.36. The van der Waals surface area contributed by atoms with Crippen molar-refractivity contribution in [3.63, 3.8) is 0 Å². The van der Waals surface area contributed by atoms with Gasteiger partial charge in [0, 0.05) is 12.6 Å². The van der Waals surface area contributed by atoms with Gasteiger partial charge in [-0.3, -0.25) is 9.69 Å². The van der Waals surface area contributed by atoms with E-state index in [9.17, 15) is 9.18 Å². The van der Waals surface area contributed by atoms with Gasteiger partial charge in [0.05, 0.1) is 17.9 Å². The van der Waals surface area contributed by atoms with Crippen molar-refractivity contribution >= 4 is 23.2 Å². The van der Waals surface area contributed by atoms with Crippen LogP contribution in [0.5, 0.6) is 0 Å². The Morgan fingerprint density at radius 3 is 2.95 bits per heavy atom. The van der Waals surface area contributed by atoms with Crippen LogP contribution < -0.4 is 5.56 Å². The first-order chi connectivity index (χ1) is 10.6. The number of hydrogen-bond acceptors (Lipinski definition) is 3. The maximum Gasteiger partial charge on any atom is 0.288 e. The fraction of sp³-hybridized carbons (Fsp3) is 0.333. The predicted octanol–water partition coefficient (Wildman–Crippen LogP) is 3.48. The maximum absolute atomic E-state index is 13.4. The van der Waals surface area contributed by atoms with E-state index in [1.54, 1.807) is 6.07 Å². The third-order valence-electron chi connectivity index (χ3n) is 3.86. The Bertz CT molecular complexity index is 750. The Balaban J connectivity index is 1.86. The molecule has 1 aliphatic heterocycles. The van der Waals surface area contributed by atoms with Gasteiger partial charge in [-0.05, 0) is 30.5 Å². The first kappa shape index (κ1) is 15.5. The van der Waals surface area contributed by atoms with Gasteiger partial charge >= 0.3 is 0 Å². The largest absolute Gasteiger partial charge is 0.288 e. The van der Waals surface area contributed by atoms with E-state index in [1.165, 1.54) is 23.0 Å². The summed E-state index contributed by atoms with van der Waals surface area (Å²) in [7, 11) is 0. The van der Waals surface area contributed by atoms with Crippen LogP contribution in [0.1, 0.15) is 24.4 Å². The van der Waals surface area contributed by atoms with Crippen LogP contribution in [0.4, 0.5) is 4.39 Å². The number of benzene rings is 1. The van der Waals surface area contributed by atoms with Gasteiger partial charge in [-0.25, -0.2) is 9.07 Å². The lowest BCUT2D eigenvalue weighted by atomic mass is 10.0. The Kier molecular flexibility index (Phi) is 4.47. The summed E-state index contributed by atoms with van der Waals surface area (Å²) in [6, 6.07) is 6.63. The monoisotopic (exact) mass is 341 g/mol. The molecule has 1 unspecified atom stereocenters. The van der Waals surface area contributed by atoms with Gasteiger partial charge in [0.1, 0.15) is 10.8 Å². The Morgan fingerprint density at radius 1 is 1.36 bits per heavy atom. The van der Waals surface area contributed by atoms with Crippen LogP contribution in [0.3, 0.4) is 0 Å². The zero-order chi connectivity index (χ0) is 15.7. The molecule has 2 aromatic rings. The number of likely N-dealkylation sites (tertiary alicyclic amines) is 1. The van der Waals surface area contributed by atoms with E-state index in [-0.39, 0.29) is 21.9 Å². The van der Waals surface area contributed by atoms with Gasteiger partial charge in [-0.15, -0.1) is 0 Å². The van der Waals surface area contributed by atoms with E-state index in [0.29, 0.717) is 6.67 Å². The highest BCUT2D eigenvalue weighted by molar-refractivity contribution is 6.41. The molecular weight excluding hydrogens is 328 g/mol. The fourth-order valence-corrected chi connectivity index (χ4v) is 3.08. The molecule has 0 aliphatic carbocycles. The maximum atomic E-state index is 13.4. The molecule has 1 fully saturated rings. The zero-order valence-electron chi connectivity index (χ0n) is 11.7. The van der Waals surface area contributed by atoms with Crippen LogP contribution in [0, 0.1) is 5.82 Å². The minimum atomic E-state index is -0.418. The Labute approximate surface area is 137 Å². The molecule has 2 heterocycles. The molecule has 0 spiro atoms. The highest BCUT2D eigenvalue weighted by atomic mass is 35.5. The van der Waals surface area contributed by atoms with Gasteiger partial charge in [0.2, 0.25) is 0 Å². The average Bonchev–Trinajstić information content (AvgIpc) is 2.96. The molecule has 3 rings (SSSR count). The molecule has 0 saturated carbocycles. The highest BCUT2D eigenvalue weighted by Gasteiger charge is 2.27. The number of hydrogen-bond donors (Lipinski definition) is 0. The van der Waals surface area contributed by atoms with Crippen molar-refractivity contribution < 1.29 is 4.39 Å². The standard InChI is InChI=1S/C15H14Cl2FN3O/c16-12-8-19-21(15(22)14(12)17)9-20-6-2-5-13(20)10-3-1-4-11(18)7-10/h1,3-4,7-8,13H,2,5-6,9H2. The molecule has 7 heteroatoms. The van der Waals surface area contributed by atoms with Gasteiger partial charge < -0.3 is 0 Å². The fourth-order valence-electron chi connectivity index (χ4n) is 2.80. The third-order valence-corrected chi connectivity index (χ3v) is 4.60. The van der Waals surface area contributed by atoms with Gasteiger partial charge in [-0.2, -0.15) is 5.10 Å². The summed E-state index contributed by atoms with van der Waals surface area (Å²) in [5.74, 6) is -0.255. The topological polar surface area (TPSA) is 38.1 Å². The van der Waals surface area contributed by atoms with Crippen molar-refractivity contribution in [2.75, 3.05) is 6.54 Å². The van der Waals surface area contributed by atoms with Crippen LogP contribution in [0.15, 0.2) is 35.3 Å². The molecule has 4 nitrogen and oxygen atoms in total. The SMILES string of the molecule is O=c1c(Cl)c(Cl)cnn1CN1CCCC1c1cccc(F)c1. The van der Waals surface area contributed by atoms with Gasteiger partial charge in [0.25, 0.3) is 5.56 Å². The molecule has 1 aromatic carbocycles. The summed E-state index contributed by atoms with van der Waals surface area (Å²) < 4.78 is 14.7. The summed E-state index contributed by atoms with van der Waals surface area (Å²) in [5, 5.41) is 4.13. The molecular formula is C15H14Cl2FN3O. The van der Waals surface area contributed by atoms with E-state index >= 15 is 0 Å². The van der Waals surface area contributed by atoms with Crippen molar-refractivity contribution in [2.45, 2.75) is 25.6 Å². The molecule has 1 aromatic heterocycles. The zero-order valence-corrected chi connectivity index (χ0v) is 13.2. The van der Waals surface area contributed by atoms with Gasteiger partial charge in [0.15, 0.2) is 0 Å². The first-order valence-electron chi connectivity index (χ1n) is 6.97. The lowest BCUT2D eigenvalue weighted by Gasteiger charge is -2.25. The van der Waals surface area contributed by atoms with Gasteiger partial charge in [-0.1, -0.05) is 35.3 Å². The van der Waals surface area contributed by atoms with Crippen LogP contribution in [0.2, 0.25) is 10.0 Å². The van der Waals surface area contributed by atoms with Crippen molar-refractivity contribution in [1.82, 2.24) is 14.7 Å². The third kappa shape index (κ3) is 3.02. The minimum Gasteiger partial charge on any atom is -0.277 e. The molecule has 0 radical (unpaired) electrons. The van der Waals surface area contributed by atoms with Crippen LogP contribution >= 0.6 is 23.2 Å². The van der Waals surface area contributed by atoms with E-state index in [4.69, 9.17) is 23.2 Å². The number of nitrogens with zero attached hydrogens (tertiary/aromatic N) is 3. The van der Waals surface area contributed by atoms with Crippen LogP contribution in [0.25, 0.3) is 0 Å². The average molecular weight is 342 g/mol. The van der Waals surface area contributed by atoms with Crippen molar-refractivity contribution in [1.29, 1.82) is 0 Å². The second-order valence-electron chi connectivity index (χ2n) is 5.28. The summed E-state index contributed by atoms with van der Waals surface area (Å²) >= 11 is 11.7. The van der Waals surface area contributed by atoms with Crippen LogP contribution in [-0.4, -0.2) is 21.2 Å². The minimum absolute atomic E-state index is 0.0295. The quantitative estimate of drug-likeness (QED) is 0.857. The predicted molar refractivity (Wildman–Crippen MR) is 83.6 cm³/mol. The van der Waals surface area contributed by atoms with Crippen molar-refractivity contribution in [2.24, 2.45) is 0 Å². The summed E-state index contributed by atoms with van der Waals surface area (Å²) in [6.45, 7) is 1.12. The molecule has 116 valence electrons. The number of aromatic nitrogens is 2. The van der Waals surface area contributed by atoms with E-state index in [0.717, 1.165) is 24.9 Å². The lowest BCUT2D eigenvalue weighted by molar-refractivity contribution is 0.186. The summed E-state index contributed by atoms with van der Waals surface area (Å²) in [5.41, 5.74) is 0.490. The molecule has 0 amide bonds. The molecule has 0 N–H and O–H groups in total. The summed E-state index contributed by atoms with van der Waals surface area (Å²) in [6.07, 6.45) is 3.26. The van der Waals surface area contributed by atoms with Crippen LogP contribution in [-0.2, 0) is 6.67 Å². The smallest absolute Gasteiger partial charge is 0.277 e. The van der Waals surface area contributed by atoms with E-state index < -0.39 is 5.56 Å². The van der Waals surface area contributed by atoms with E-state index in [1.807, 2.05) is 6.07 Å². The molecule has 22 heavy (non-hydrogen) atoms. The highest BCUT2D eigenvalue weighted by Crippen LogP contribution is 2.32. The molecule has 1 saturated heterocycles. The van der Waals surface area contributed by atoms with Crippen molar-refractivity contribution in [3.05, 3.63) is 62.2 Å². The van der Waals surface area contributed by atoms with Crippen molar-refractivity contribution in [3.8, 4) is 0 Å². The normalized spacial score (nSPS) is 18.8.